The molecule has 5 nitrogen and oxygen atoms in total. The van der Waals surface area contributed by atoms with Crippen LogP contribution < -0.4 is 5.32 Å². The number of nitrogens with zero attached hydrogens (tertiary/aromatic N) is 1. The minimum atomic E-state index is -1.52. The number of rotatable bonds is 4. The predicted molar refractivity (Wildman–Crippen MR) is 90.2 cm³/mol. The SMILES string of the molecule is CC(C)C(C(=O)OC(C)(C)C)N(C)C.O=CC1(F)CCNCC1. The number of ether oxygens (including phenoxy) is 1. The average Bonchev–Trinajstić information content (AvgIpc) is 2.37. The van der Waals surface area contributed by atoms with Gasteiger partial charge in [0.25, 0.3) is 0 Å². The minimum absolute atomic E-state index is 0.141. The van der Waals surface area contributed by atoms with Gasteiger partial charge in [0.15, 0.2) is 12.0 Å². The van der Waals surface area contributed by atoms with Crippen LogP contribution in [0.5, 0.6) is 0 Å². The van der Waals surface area contributed by atoms with Crippen LogP contribution in [0.15, 0.2) is 0 Å². The zero-order chi connectivity index (χ0) is 18.3. The fourth-order valence-corrected chi connectivity index (χ4v) is 2.40. The zero-order valence-electron chi connectivity index (χ0n) is 15.6. The quantitative estimate of drug-likeness (QED) is 0.632. The van der Waals surface area contributed by atoms with Gasteiger partial charge in [0, 0.05) is 12.8 Å². The number of esters is 1. The molecule has 0 bridgehead atoms. The molecule has 1 saturated heterocycles. The Morgan fingerprint density at radius 1 is 1.26 bits per heavy atom. The van der Waals surface area contributed by atoms with E-state index in [0.717, 1.165) is 0 Å². The Kier molecular flexibility index (Phi) is 8.92. The van der Waals surface area contributed by atoms with Crippen molar-refractivity contribution in [3.8, 4) is 0 Å². The van der Waals surface area contributed by atoms with Crippen LogP contribution >= 0.6 is 0 Å². The highest BCUT2D eigenvalue weighted by atomic mass is 19.1. The summed E-state index contributed by atoms with van der Waals surface area (Å²) in [4.78, 5) is 23.8. The number of hydrogen-bond acceptors (Lipinski definition) is 5. The summed E-state index contributed by atoms with van der Waals surface area (Å²) in [6.45, 7) is 10.9. The highest BCUT2D eigenvalue weighted by molar-refractivity contribution is 5.76. The maximum Gasteiger partial charge on any atom is 0.324 e. The van der Waals surface area contributed by atoms with Crippen molar-refractivity contribution in [2.45, 2.75) is 64.8 Å². The molecule has 1 heterocycles. The van der Waals surface area contributed by atoms with Crippen LogP contribution in [-0.4, -0.2) is 61.7 Å². The number of piperidine rings is 1. The Hall–Kier alpha value is -1.01. The predicted octanol–water partition coefficient (Wildman–Crippen LogP) is 2.19. The van der Waals surface area contributed by atoms with Crippen LogP contribution in [0.2, 0.25) is 0 Å². The van der Waals surface area contributed by atoms with Crippen molar-refractivity contribution in [2.75, 3.05) is 27.2 Å². The molecule has 0 aromatic rings. The normalized spacial score (nSPS) is 18.9. The molecule has 1 fully saturated rings. The van der Waals surface area contributed by atoms with E-state index in [4.69, 9.17) is 4.74 Å². The van der Waals surface area contributed by atoms with Crippen molar-refractivity contribution >= 4 is 12.3 Å². The van der Waals surface area contributed by atoms with E-state index in [1.54, 1.807) is 0 Å². The lowest BCUT2D eigenvalue weighted by atomic mass is 9.97. The molecular formula is C17H33FN2O3. The molecule has 0 spiro atoms. The Morgan fingerprint density at radius 2 is 1.74 bits per heavy atom. The Balaban J connectivity index is 0.000000459. The number of likely N-dealkylation sites (N-methyl/N-ethyl adjacent to an activating group) is 1. The molecular weight excluding hydrogens is 299 g/mol. The Labute approximate surface area is 139 Å². The minimum Gasteiger partial charge on any atom is -0.459 e. The standard InChI is InChI=1S/C11H23NO2.C6H10FNO/c1-8(2)9(12(6)7)10(13)14-11(3,4)5;7-6(5-9)1-3-8-4-2-6/h8-9H,1-7H3;5,8H,1-4H2. The fraction of sp³-hybridized carbons (Fsp3) is 0.882. The summed E-state index contributed by atoms with van der Waals surface area (Å²) in [7, 11) is 3.79. The van der Waals surface area contributed by atoms with Crippen LogP contribution in [0.4, 0.5) is 4.39 Å². The van der Waals surface area contributed by atoms with Crippen molar-refractivity contribution in [1.82, 2.24) is 10.2 Å². The lowest BCUT2D eigenvalue weighted by molar-refractivity contribution is -0.162. The fourth-order valence-electron chi connectivity index (χ4n) is 2.40. The molecule has 1 unspecified atom stereocenters. The third-order valence-corrected chi connectivity index (χ3v) is 3.48. The topological polar surface area (TPSA) is 58.6 Å². The van der Waals surface area contributed by atoms with Crippen LogP contribution in [0.1, 0.15) is 47.5 Å². The van der Waals surface area contributed by atoms with Gasteiger partial charge in [-0.15, -0.1) is 0 Å². The molecule has 1 atom stereocenters. The molecule has 0 aromatic heterocycles. The highest BCUT2D eigenvalue weighted by Gasteiger charge is 2.30. The molecule has 0 amide bonds. The van der Waals surface area contributed by atoms with Gasteiger partial charge in [-0.2, -0.15) is 0 Å². The molecule has 136 valence electrons. The summed E-state index contributed by atoms with van der Waals surface area (Å²) >= 11 is 0. The van der Waals surface area contributed by atoms with E-state index >= 15 is 0 Å². The van der Waals surface area contributed by atoms with Gasteiger partial charge in [-0.05, 0) is 53.9 Å². The Bertz CT molecular complexity index is 365. The average molecular weight is 332 g/mol. The maximum atomic E-state index is 12.9. The van der Waals surface area contributed by atoms with Gasteiger partial charge in [-0.25, -0.2) is 4.39 Å². The van der Waals surface area contributed by atoms with E-state index < -0.39 is 11.3 Å². The van der Waals surface area contributed by atoms with Gasteiger partial charge in [0.1, 0.15) is 11.6 Å². The number of aldehydes is 1. The molecule has 1 aliphatic heterocycles. The van der Waals surface area contributed by atoms with Crippen LogP contribution in [-0.2, 0) is 14.3 Å². The molecule has 1 aliphatic rings. The molecule has 0 aromatic carbocycles. The second-order valence-corrected chi connectivity index (χ2v) is 7.59. The van der Waals surface area contributed by atoms with E-state index in [1.165, 1.54) is 0 Å². The lowest BCUT2D eigenvalue weighted by Gasteiger charge is -2.29. The maximum absolute atomic E-state index is 12.9. The molecule has 0 radical (unpaired) electrons. The van der Waals surface area contributed by atoms with Crippen LogP contribution in [0, 0.1) is 5.92 Å². The summed E-state index contributed by atoms with van der Waals surface area (Å²) in [6, 6.07) is -0.158. The first-order valence-corrected chi connectivity index (χ1v) is 8.17. The van der Waals surface area contributed by atoms with Gasteiger partial charge < -0.3 is 10.1 Å². The summed E-state index contributed by atoms with van der Waals surface area (Å²) in [6.07, 6.45) is 1.08. The smallest absolute Gasteiger partial charge is 0.324 e. The molecule has 1 N–H and O–H groups in total. The van der Waals surface area contributed by atoms with Gasteiger partial charge in [-0.3, -0.25) is 14.5 Å². The van der Waals surface area contributed by atoms with Crippen LogP contribution in [0.25, 0.3) is 0 Å². The van der Waals surface area contributed by atoms with Gasteiger partial charge in [0.05, 0.1) is 0 Å². The molecule has 0 aliphatic carbocycles. The summed E-state index contributed by atoms with van der Waals surface area (Å²) in [5.74, 6) is 0.123. The van der Waals surface area contributed by atoms with E-state index in [0.29, 0.717) is 32.2 Å². The largest absolute Gasteiger partial charge is 0.459 e. The number of carbonyl (C=O) groups excluding carboxylic acids is 2. The number of nitrogens with one attached hydrogen (secondary N) is 1. The van der Waals surface area contributed by atoms with Crippen molar-refractivity contribution in [2.24, 2.45) is 5.92 Å². The molecule has 0 saturated carbocycles. The van der Waals surface area contributed by atoms with E-state index in [1.807, 2.05) is 53.6 Å². The number of hydrogen-bond donors (Lipinski definition) is 1. The Morgan fingerprint density at radius 3 is 2.00 bits per heavy atom. The van der Waals surface area contributed by atoms with E-state index in [-0.39, 0.29) is 17.9 Å². The van der Waals surface area contributed by atoms with Crippen molar-refractivity contribution in [1.29, 1.82) is 0 Å². The second-order valence-electron chi connectivity index (χ2n) is 7.59. The first-order valence-electron chi connectivity index (χ1n) is 8.17. The first kappa shape index (κ1) is 22.0. The lowest BCUT2D eigenvalue weighted by Crippen LogP contribution is -2.43. The molecule has 23 heavy (non-hydrogen) atoms. The zero-order valence-corrected chi connectivity index (χ0v) is 15.6. The third-order valence-electron chi connectivity index (χ3n) is 3.48. The van der Waals surface area contributed by atoms with Crippen LogP contribution in [0.3, 0.4) is 0 Å². The van der Waals surface area contributed by atoms with Crippen molar-refractivity contribution < 1.29 is 18.7 Å². The van der Waals surface area contributed by atoms with Gasteiger partial charge in [0.2, 0.25) is 0 Å². The monoisotopic (exact) mass is 332 g/mol. The van der Waals surface area contributed by atoms with Crippen molar-refractivity contribution in [3.05, 3.63) is 0 Å². The second kappa shape index (κ2) is 9.33. The number of alkyl halides is 1. The number of halogens is 1. The summed E-state index contributed by atoms with van der Waals surface area (Å²) in [5.41, 5.74) is -1.93. The highest BCUT2D eigenvalue weighted by Crippen LogP contribution is 2.19. The van der Waals surface area contributed by atoms with Crippen molar-refractivity contribution in [3.63, 3.8) is 0 Å². The summed E-state index contributed by atoms with van der Waals surface area (Å²) < 4.78 is 18.2. The third kappa shape index (κ3) is 9.01. The molecule has 6 heteroatoms. The molecule has 1 rings (SSSR count). The first-order chi connectivity index (χ1) is 10.4. The van der Waals surface area contributed by atoms with E-state index in [9.17, 15) is 14.0 Å². The number of carbonyl (C=O) groups is 2. The van der Waals surface area contributed by atoms with Gasteiger partial charge >= 0.3 is 5.97 Å². The van der Waals surface area contributed by atoms with E-state index in [2.05, 4.69) is 5.32 Å². The summed E-state index contributed by atoms with van der Waals surface area (Å²) in [5, 5.41) is 2.98. The van der Waals surface area contributed by atoms with Gasteiger partial charge in [-0.1, -0.05) is 13.8 Å².